The standard InChI is InChI=1S/C31H31ClIN5O9S/c1-46-24-13-35-28(22-10-17(32)5-8-21(22)24)47-19-11-23(38(15-19)26(39)14-34-18-4-2-3-16(9-18)29(41)42)27(40)36-31(12-25(31)33)30(43)37-48(44,45)20-6-7-20/h2-5,8-10,13,19-20,23,25,34H,6-7,11-12,14-15H2,1H3,(H,36,40)(H,37,43)(H,41,42)/t19-,23+,25-,31-/m1/s1. The molecule has 254 valence electrons. The number of aromatic carboxylic acids is 1. The zero-order chi connectivity index (χ0) is 34.4. The van der Waals surface area contributed by atoms with E-state index in [2.05, 4.69) is 20.3 Å². The monoisotopic (exact) mass is 811 g/mol. The molecule has 1 aliphatic heterocycles. The summed E-state index contributed by atoms with van der Waals surface area (Å²) in [5, 5.41) is 16.0. The highest BCUT2D eigenvalue weighted by Crippen LogP contribution is 2.44. The molecule has 2 aliphatic carbocycles. The molecule has 0 unspecified atom stereocenters. The molecule has 0 bridgehead atoms. The second kappa shape index (κ2) is 13.2. The van der Waals surface area contributed by atoms with Crippen LogP contribution in [0, 0.1) is 0 Å². The number of nitrogens with one attached hydrogen (secondary N) is 3. The van der Waals surface area contributed by atoms with Crippen LogP contribution in [0.3, 0.4) is 0 Å². The lowest BCUT2D eigenvalue weighted by atomic mass is 10.1. The maximum Gasteiger partial charge on any atom is 0.335 e. The van der Waals surface area contributed by atoms with E-state index >= 15 is 0 Å². The minimum Gasteiger partial charge on any atom is -0.494 e. The second-order valence-corrected chi connectivity index (χ2v) is 15.8. The number of carboxylic acids is 1. The molecule has 0 spiro atoms. The van der Waals surface area contributed by atoms with Gasteiger partial charge in [-0.25, -0.2) is 18.2 Å². The number of nitrogens with zero attached hydrogens (tertiary/aromatic N) is 2. The number of methoxy groups -OCH3 is 1. The normalized spacial score (nSPS) is 23.3. The van der Waals surface area contributed by atoms with Crippen molar-refractivity contribution in [2.75, 3.05) is 25.5 Å². The van der Waals surface area contributed by atoms with Gasteiger partial charge >= 0.3 is 5.97 Å². The molecule has 1 saturated heterocycles. The Kier molecular flexibility index (Phi) is 9.34. The van der Waals surface area contributed by atoms with Crippen LogP contribution in [0.2, 0.25) is 5.02 Å². The fourth-order valence-corrected chi connectivity index (χ4v) is 8.33. The first kappa shape index (κ1) is 34.0. The lowest BCUT2D eigenvalue weighted by Crippen LogP contribution is -2.57. The summed E-state index contributed by atoms with van der Waals surface area (Å²) in [7, 11) is -2.34. The van der Waals surface area contributed by atoms with Crippen molar-refractivity contribution < 1.29 is 42.2 Å². The van der Waals surface area contributed by atoms with Gasteiger partial charge in [-0.3, -0.25) is 19.1 Å². The number of halogens is 2. The maximum atomic E-state index is 13.9. The van der Waals surface area contributed by atoms with Crippen molar-refractivity contribution in [2.45, 2.75) is 52.5 Å². The molecule has 4 N–H and O–H groups in total. The van der Waals surface area contributed by atoms with Gasteiger partial charge in [0.2, 0.25) is 27.7 Å². The van der Waals surface area contributed by atoms with Crippen LogP contribution in [0.1, 0.15) is 36.0 Å². The van der Waals surface area contributed by atoms with E-state index in [1.54, 1.807) is 24.3 Å². The van der Waals surface area contributed by atoms with Crippen molar-refractivity contribution >= 4 is 84.4 Å². The average molecular weight is 812 g/mol. The van der Waals surface area contributed by atoms with Crippen molar-refractivity contribution in [1.82, 2.24) is 19.9 Å². The Morgan fingerprint density at radius 3 is 2.56 bits per heavy atom. The van der Waals surface area contributed by atoms with Crippen molar-refractivity contribution in [3.05, 3.63) is 59.2 Å². The van der Waals surface area contributed by atoms with Crippen molar-refractivity contribution in [3.8, 4) is 11.6 Å². The van der Waals surface area contributed by atoms with Crippen LogP contribution in [0.5, 0.6) is 11.6 Å². The number of hydrogen-bond acceptors (Lipinski definition) is 10. The third kappa shape index (κ3) is 6.96. The van der Waals surface area contributed by atoms with E-state index in [1.165, 1.54) is 36.4 Å². The molecule has 3 aliphatic rings. The molecule has 14 nitrogen and oxygen atoms in total. The quantitative estimate of drug-likeness (QED) is 0.155. The topological polar surface area (TPSA) is 193 Å². The highest BCUT2D eigenvalue weighted by atomic mass is 127. The Morgan fingerprint density at radius 2 is 1.90 bits per heavy atom. The number of carbonyl (C=O) groups is 4. The minimum atomic E-state index is -3.85. The fourth-order valence-electron chi connectivity index (χ4n) is 5.66. The number of anilines is 1. The molecular weight excluding hydrogens is 781 g/mol. The van der Waals surface area contributed by atoms with Crippen molar-refractivity contribution in [2.24, 2.45) is 0 Å². The Hall–Kier alpha value is -3.90. The van der Waals surface area contributed by atoms with E-state index in [1.807, 2.05) is 22.6 Å². The van der Waals surface area contributed by atoms with Crippen LogP contribution in [0.15, 0.2) is 48.7 Å². The molecular formula is C31H31ClIN5O9S. The van der Waals surface area contributed by atoms with E-state index in [0.29, 0.717) is 40.1 Å². The molecule has 2 heterocycles. The van der Waals surface area contributed by atoms with E-state index in [4.69, 9.17) is 21.1 Å². The summed E-state index contributed by atoms with van der Waals surface area (Å²) in [6.07, 6.45) is 1.97. The number of fused-ring (bicyclic) bond motifs is 1. The predicted octanol–water partition coefficient (Wildman–Crippen LogP) is 2.73. The van der Waals surface area contributed by atoms with Crippen LogP contribution in [0.25, 0.3) is 10.8 Å². The summed E-state index contributed by atoms with van der Waals surface area (Å²) in [6, 6.07) is 10.00. The lowest BCUT2D eigenvalue weighted by Gasteiger charge is -2.26. The number of benzene rings is 2. The van der Waals surface area contributed by atoms with Crippen LogP contribution in [0.4, 0.5) is 5.69 Å². The molecule has 4 atom stereocenters. The number of sulfonamides is 1. The molecule has 1 aromatic heterocycles. The molecule has 2 saturated carbocycles. The van der Waals surface area contributed by atoms with Gasteiger partial charge in [0.1, 0.15) is 23.4 Å². The van der Waals surface area contributed by atoms with Gasteiger partial charge in [0.15, 0.2) is 0 Å². The zero-order valence-electron chi connectivity index (χ0n) is 25.4. The zero-order valence-corrected chi connectivity index (χ0v) is 29.2. The largest absolute Gasteiger partial charge is 0.494 e. The molecule has 3 fully saturated rings. The third-order valence-electron chi connectivity index (χ3n) is 8.54. The van der Waals surface area contributed by atoms with Crippen molar-refractivity contribution in [3.63, 3.8) is 0 Å². The van der Waals surface area contributed by atoms with E-state index in [0.717, 1.165) is 0 Å². The average Bonchev–Trinajstić information content (AvgIpc) is 3.97. The Bertz CT molecular complexity index is 1930. The minimum absolute atomic E-state index is 0.0214. The first-order chi connectivity index (χ1) is 22.8. The van der Waals surface area contributed by atoms with E-state index < -0.39 is 56.6 Å². The van der Waals surface area contributed by atoms with Gasteiger partial charge in [0.25, 0.3) is 5.91 Å². The Balaban J connectivity index is 1.23. The molecule has 3 aromatic rings. The summed E-state index contributed by atoms with van der Waals surface area (Å²) < 4.78 is 38.5. The number of alkyl halides is 1. The molecule has 0 radical (unpaired) electrons. The van der Waals surface area contributed by atoms with Crippen LogP contribution in [-0.2, 0) is 24.4 Å². The van der Waals surface area contributed by atoms with Crippen LogP contribution in [-0.4, -0.2) is 94.2 Å². The highest BCUT2D eigenvalue weighted by Gasteiger charge is 2.62. The maximum absolute atomic E-state index is 13.9. The van der Waals surface area contributed by atoms with Crippen molar-refractivity contribution in [1.29, 1.82) is 0 Å². The van der Waals surface area contributed by atoms with Gasteiger partial charge < -0.3 is 30.1 Å². The third-order valence-corrected chi connectivity index (χ3v) is 12.1. The van der Waals surface area contributed by atoms with Gasteiger partial charge in [-0.05, 0) is 55.7 Å². The Labute approximate surface area is 294 Å². The molecule has 6 rings (SSSR count). The van der Waals surface area contributed by atoms with Gasteiger partial charge in [0, 0.05) is 31.8 Å². The number of ether oxygens (including phenoxy) is 2. The molecule has 17 heteroatoms. The van der Waals surface area contributed by atoms with E-state index in [9.17, 15) is 32.7 Å². The summed E-state index contributed by atoms with van der Waals surface area (Å²) in [5.74, 6) is -2.36. The van der Waals surface area contributed by atoms with Gasteiger partial charge in [0.05, 0.1) is 37.2 Å². The predicted molar refractivity (Wildman–Crippen MR) is 183 cm³/mol. The van der Waals surface area contributed by atoms with E-state index in [-0.39, 0.29) is 41.3 Å². The second-order valence-electron chi connectivity index (χ2n) is 11.9. The first-order valence-electron chi connectivity index (χ1n) is 15.0. The summed E-state index contributed by atoms with van der Waals surface area (Å²) in [6.45, 7) is -0.300. The molecule has 2 aromatic carbocycles. The number of carbonyl (C=O) groups excluding carboxylic acids is 3. The summed E-state index contributed by atoms with van der Waals surface area (Å²) in [5.41, 5.74) is -1.03. The summed E-state index contributed by atoms with van der Waals surface area (Å²) in [4.78, 5) is 57.8. The Morgan fingerprint density at radius 1 is 1.15 bits per heavy atom. The van der Waals surface area contributed by atoms with Gasteiger partial charge in [-0.15, -0.1) is 0 Å². The number of aromatic nitrogens is 1. The lowest BCUT2D eigenvalue weighted by molar-refractivity contribution is -0.138. The summed E-state index contributed by atoms with van der Waals surface area (Å²) >= 11 is 8.26. The first-order valence-corrected chi connectivity index (χ1v) is 18.2. The number of carboxylic acid groups (broad SMARTS) is 1. The number of likely N-dealkylation sites (tertiary alicyclic amines) is 1. The fraction of sp³-hybridized carbons (Fsp3) is 0.387. The van der Waals surface area contributed by atoms with Gasteiger partial charge in [-0.2, -0.15) is 0 Å². The number of hydrogen-bond donors (Lipinski definition) is 4. The SMILES string of the molecule is COc1cnc(O[C@@H]2C[C@@H](C(=O)N[C@]3(C(=O)NS(=O)(=O)C4CC4)C[C@H]3I)N(C(=O)CNc3cccc(C(=O)O)c3)C2)c2cc(Cl)ccc12. The van der Waals surface area contributed by atoms with Crippen LogP contribution >= 0.6 is 34.2 Å². The number of pyridine rings is 1. The highest BCUT2D eigenvalue weighted by molar-refractivity contribution is 14.1. The van der Waals surface area contributed by atoms with Gasteiger partial charge in [-0.1, -0.05) is 40.3 Å². The number of amides is 3. The smallest absolute Gasteiger partial charge is 0.335 e. The van der Waals surface area contributed by atoms with Crippen LogP contribution < -0.4 is 24.8 Å². The molecule has 48 heavy (non-hydrogen) atoms. The number of rotatable bonds is 12. The molecule has 3 amide bonds.